The molecule has 0 heterocycles. The third-order valence-corrected chi connectivity index (χ3v) is 3.19. The molecular weight excluding hydrogens is 202 g/mol. The molecule has 0 spiro atoms. The van der Waals surface area contributed by atoms with Crippen LogP contribution in [0.4, 0.5) is 0 Å². The Hall–Kier alpha value is -1.22. The van der Waals surface area contributed by atoms with Crippen LogP contribution in [0.2, 0.25) is 0 Å². The first-order chi connectivity index (χ1) is 7.83. The summed E-state index contributed by atoms with van der Waals surface area (Å²) in [6.07, 6.45) is 3.95. The van der Waals surface area contributed by atoms with Gasteiger partial charge in [-0.3, -0.25) is 0 Å². The van der Waals surface area contributed by atoms with Crippen LogP contribution >= 0.6 is 0 Å². The molecule has 16 heavy (non-hydrogen) atoms. The number of nitrogens with two attached hydrogens (primary N) is 1. The van der Waals surface area contributed by atoms with E-state index in [9.17, 15) is 0 Å². The molecule has 1 aliphatic rings. The first kappa shape index (κ1) is 11.3. The van der Waals surface area contributed by atoms with Crippen molar-refractivity contribution in [2.75, 3.05) is 13.7 Å². The monoisotopic (exact) mass is 221 g/mol. The normalized spacial score (nSPS) is 15.6. The Balaban J connectivity index is 2.00. The molecule has 0 radical (unpaired) electrons. The molecule has 88 valence electrons. The van der Waals surface area contributed by atoms with Gasteiger partial charge in [-0.1, -0.05) is 6.42 Å². The van der Waals surface area contributed by atoms with E-state index in [4.69, 9.17) is 15.2 Å². The van der Waals surface area contributed by atoms with Crippen LogP contribution in [0.25, 0.3) is 0 Å². The molecule has 1 fully saturated rings. The maximum atomic E-state index is 5.80. The zero-order valence-corrected chi connectivity index (χ0v) is 9.74. The molecule has 2 N–H and O–H groups in total. The molecule has 1 aromatic rings. The van der Waals surface area contributed by atoms with Crippen LogP contribution in [0, 0.1) is 5.92 Å². The summed E-state index contributed by atoms with van der Waals surface area (Å²) < 4.78 is 11.0. The Bertz CT molecular complexity index is 348. The summed E-state index contributed by atoms with van der Waals surface area (Å²) in [5.74, 6) is 2.47. The number of hydrogen-bond acceptors (Lipinski definition) is 3. The van der Waals surface area contributed by atoms with Crippen molar-refractivity contribution in [2.45, 2.75) is 25.8 Å². The van der Waals surface area contributed by atoms with Crippen molar-refractivity contribution in [3.05, 3.63) is 23.8 Å². The van der Waals surface area contributed by atoms with Gasteiger partial charge >= 0.3 is 0 Å². The van der Waals surface area contributed by atoms with Gasteiger partial charge in [-0.2, -0.15) is 0 Å². The van der Waals surface area contributed by atoms with E-state index in [1.807, 2.05) is 18.2 Å². The highest BCUT2D eigenvalue weighted by Gasteiger charge is 2.18. The summed E-state index contributed by atoms with van der Waals surface area (Å²) in [6.45, 7) is 1.30. The first-order valence-corrected chi connectivity index (χ1v) is 5.83. The molecule has 1 aliphatic carbocycles. The van der Waals surface area contributed by atoms with Crippen LogP contribution in [-0.2, 0) is 6.54 Å². The minimum atomic E-state index is 0.483. The van der Waals surface area contributed by atoms with E-state index in [0.29, 0.717) is 6.54 Å². The second kappa shape index (κ2) is 5.21. The predicted molar refractivity (Wildman–Crippen MR) is 63.7 cm³/mol. The van der Waals surface area contributed by atoms with Crippen LogP contribution in [0.1, 0.15) is 24.8 Å². The van der Waals surface area contributed by atoms with Crippen LogP contribution in [0.3, 0.4) is 0 Å². The lowest BCUT2D eigenvalue weighted by Crippen LogP contribution is -2.19. The van der Waals surface area contributed by atoms with Crippen LogP contribution in [0.15, 0.2) is 18.2 Å². The zero-order chi connectivity index (χ0) is 11.4. The number of ether oxygens (including phenoxy) is 2. The highest BCUT2D eigenvalue weighted by atomic mass is 16.5. The van der Waals surface area contributed by atoms with Gasteiger partial charge in [0.15, 0.2) is 0 Å². The second-order valence-electron chi connectivity index (χ2n) is 4.29. The topological polar surface area (TPSA) is 44.5 Å². The largest absolute Gasteiger partial charge is 0.497 e. The van der Waals surface area contributed by atoms with Crippen LogP contribution in [-0.4, -0.2) is 13.7 Å². The lowest BCUT2D eigenvalue weighted by atomic mass is 9.86. The number of methoxy groups -OCH3 is 1. The van der Waals surface area contributed by atoms with Crippen LogP contribution in [0.5, 0.6) is 11.5 Å². The van der Waals surface area contributed by atoms with Gasteiger partial charge < -0.3 is 15.2 Å². The smallest absolute Gasteiger partial charge is 0.124 e. The average Bonchev–Trinajstić information content (AvgIpc) is 2.27. The van der Waals surface area contributed by atoms with Crippen molar-refractivity contribution in [1.29, 1.82) is 0 Å². The summed E-state index contributed by atoms with van der Waals surface area (Å²) in [5.41, 5.74) is 6.70. The molecule has 1 aromatic carbocycles. The first-order valence-electron chi connectivity index (χ1n) is 5.83. The van der Waals surface area contributed by atoms with E-state index < -0.39 is 0 Å². The second-order valence-corrected chi connectivity index (χ2v) is 4.29. The maximum absolute atomic E-state index is 5.80. The maximum Gasteiger partial charge on any atom is 0.124 e. The van der Waals surface area contributed by atoms with Crippen LogP contribution < -0.4 is 15.2 Å². The lowest BCUT2D eigenvalue weighted by molar-refractivity contribution is 0.179. The van der Waals surface area contributed by atoms with Crippen molar-refractivity contribution in [3.63, 3.8) is 0 Å². The molecule has 0 unspecified atom stereocenters. The zero-order valence-electron chi connectivity index (χ0n) is 9.74. The van der Waals surface area contributed by atoms with Gasteiger partial charge in [0.05, 0.1) is 13.7 Å². The predicted octanol–water partition coefficient (Wildman–Crippen LogP) is 2.33. The average molecular weight is 221 g/mol. The summed E-state index contributed by atoms with van der Waals surface area (Å²) in [6, 6.07) is 5.80. The molecule has 0 atom stereocenters. The molecule has 0 aliphatic heterocycles. The Morgan fingerprint density at radius 1 is 1.38 bits per heavy atom. The van der Waals surface area contributed by atoms with Crippen molar-refractivity contribution in [1.82, 2.24) is 0 Å². The van der Waals surface area contributed by atoms with Gasteiger partial charge in [-0.25, -0.2) is 0 Å². The fourth-order valence-electron chi connectivity index (χ4n) is 1.85. The molecule has 0 bridgehead atoms. The number of rotatable bonds is 5. The van der Waals surface area contributed by atoms with E-state index in [2.05, 4.69) is 0 Å². The third kappa shape index (κ3) is 2.47. The third-order valence-electron chi connectivity index (χ3n) is 3.19. The Morgan fingerprint density at radius 2 is 2.19 bits per heavy atom. The van der Waals surface area contributed by atoms with Gasteiger partial charge in [0, 0.05) is 12.1 Å². The summed E-state index contributed by atoms with van der Waals surface area (Å²) in [4.78, 5) is 0. The fraction of sp³-hybridized carbons (Fsp3) is 0.538. The molecule has 0 saturated heterocycles. The Labute approximate surface area is 96.5 Å². The van der Waals surface area contributed by atoms with E-state index in [1.54, 1.807) is 7.11 Å². The highest BCUT2D eigenvalue weighted by Crippen LogP contribution is 2.29. The molecule has 0 amide bonds. The van der Waals surface area contributed by atoms with Crippen molar-refractivity contribution in [2.24, 2.45) is 11.7 Å². The number of hydrogen-bond donors (Lipinski definition) is 1. The van der Waals surface area contributed by atoms with Gasteiger partial charge in [-0.15, -0.1) is 0 Å². The van der Waals surface area contributed by atoms with Gasteiger partial charge in [0.1, 0.15) is 11.5 Å². The quantitative estimate of drug-likeness (QED) is 0.830. The van der Waals surface area contributed by atoms with Crippen molar-refractivity contribution < 1.29 is 9.47 Å². The van der Waals surface area contributed by atoms with Gasteiger partial charge in [0.2, 0.25) is 0 Å². The highest BCUT2D eigenvalue weighted by molar-refractivity contribution is 5.40. The summed E-state index contributed by atoms with van der Waals surface area (Å²) >= 11 is 0. The summed E-state index contributed by atoms with van der Waals surface area (Å²) in [7, 11) is 1.66. The molecule has 3 nitrogen and oxygen atoms in total. The minimum Gasteiger partial charge on any atom is -0.497 e. The molecule has 1 saturated carbocycles. The molecule has 2 rings (SSSR count). The molecule has 0 aromatic heterocycles. The minimum absolute atomic E-state index is 0.483. The van der Waals surface area contributed by atoms with E-state index >= 15 is 0 Å². The van der Waals surface area contributed by atoms with E-state index in [1.165, 1.54) is 19.3 Å². The van der Waals surface area contributed by atoms with Gasteiger partial charge in [-0.05, 0) is 37.0 Å². The van der Waals surface area contributed by atoms with Gasteiger partial charge in [0.25, 0.3) is 0 Å². The lowest BCUT2D eigenvalue weighted by Gasteiger charge is -2.25. The number of benzene rings is 1. The Kier molecular flexibility index (Phi) is 3.67. The van der Waals surface area contributed by atoms with E-state index in [0.717, 1.165) is 29.6 Å². The Morgan fingerprint density at radius 3 is 2.75 bits per heavy atom. The fourth-order valence-corrected chi connectivity index (χ4v) is 1.85. The molecular formula is C13H19NO2. The van der Waals surface area contributed by atoms with Crippen molar-refractivity contribution >= 4 is 0 Å². The molecule has 3 heteroatoms. The van der Waals surface area contributed by atoms with Crippen molar-refractivity contribution in [3.8, 4) is 11.5 Å². The van der Waals surface area contributed by atoms with E-state index in [-0.39, 0.29) is 0 Å². The SMILES string of the molecule is COc1ccc(OCC2CCC2)c(CN)c1. The standard InChI is InChI=1S/C13H19NO2/c1-15-12-5-6-13(11(7-12)8-14)16-9-10-3-2-4-10/h5-7,10H,2-4,8-9,14H2,1H3. The summed E-state index contributed by atoms with van der Waals surface area (Å²) in [5, 5.41) is 0.